The maximum atomic E-state index is 11.5. The van der Waals surface area contributed by atoms with Crippen LogP contribution in [0.3, 0.4) is 0 Å². The van der Waals surface area contributed by atoms with E-state index in [1.807, 2.05) is 19.1 Å². The third-order valence-corrected chi connectivity index (χ3v) is 3.89. The number of carboxylic acids is 1. The molecule has 0 aromatic rings. The number of amides is 1. The molecule has 3 N–H and O–H groups in total. The van der Waals surface area contributed by atoms with Crippen molar-refractivity contribution >= 4 is 11.9 Å². The lowest BCUT2D eigenvalue weighted by atomic mass is 9.90. The molecule has 0 spiro atoms. The molecule has 1 saturated heterocycles. The van der Waals surface area contributed by atoms with Gasteiger partial charge in [0.2, 0.25) is 5.91 Å². The third kappa shape index (κ3) is 4.79. The number of hydrogen-bond acceptors (Lipinski definition) is 5. The zero-order valence-corrected chi connectivity index (χ0v) is 13.5. The number of nitrogens with one attached hydrogen (secondary N) is 2. The maximum absolute atomic E-state index is 11.5. The van der Waals surface area contributed by atoms with Crippen LogP contribution in [0.2, 0.25) is 0 Å². The van der Waals surface area contributed by atoms with Crippen LogP contribution in [-0.2, 0) is 19.1 Å². The number of ether oxygens (including phenoxy) is 2. The van der Waals surface area contributed by atoms with Crippen LogP contribution in [-0.4, -0.2) is 62.0 Å². The Hall–Kier alpha value is -1.44. The summed E-state index contributed by atoms with van der Waals surface area (Å²) >= 11 is 0. The number of methoxy groups -OCH3 is 2. The summed E-state index contributed by atoms with van der Waals surface area (Å²) in [5, 5.41) is 15.2. The van der Waals surface area contributed by atoms with Crippen molar-refractivity contribution in [3.63, 3.8) is 0 Å². The highest BCUT2D eigenvalue weighted by Gasteiger charge is 2.43. The van der Waals surface area contributed by atoms with Crippen molar-refractivity contribution in [1.82, 2.24) is 10.6 Å². The smallest absolute Gasteiger partial charge is 0.320 e. The number of aliphatic carboxylic acids is 1. The molecular weight excluding hydrogens is 288 g/mol. The molecule has 0 unspecified atom stereocenters. The summed E-state index contributed by atoms with van der Waals surface area (Å²) in [6, 6.07) is -1.25. The summed E-state index contributed by atoms with van der Waals surface area (Å²) in [5.74, 6) is -1.08. The fourth-order valence-electron chi connectivity index (χ4n) is 2.96. The Morgan fingerprint density at radius 2 is 2.14 bits per heavy atom. The lowest BCUT2D eigenvalue weighted by Crippen LogP contribution is -2.58. The highest BCUT2D eigenvalue weighted by Crippen LogP contribution is 2.26. The van der Waals surface area contributed by atoms with Gasteiger partial charge in [0, 0.05) is 27.2 Å². The molecule has 1 aliphatic rings. The average Bonchev–Trinajstić information content (AvgIpc) is 2.87. The molecule has 1 fully saturated rings. The van der Waals surface area contributed by atoms with Crippen molar-refractivity contribution in [2.75, 3.05) is 20.8 Å². The third-order valence-electron chi connectivity index (χ3n) is 3.89. The molecule has 0 aromatic heterocycles. The topological polar surface area (TPSA) is 96.9 Å². The van der Waals surface area contributed by atoms with Gasteiger partial charge in [-0.15, -0.1) is 0 Å². The van der Waals surface area contributed by atoms with Gasteiger partial charge >= 0.3 is 5.97 Å². The van der Waals surface area contributed by atoms with E-state index in [9.17, 15) is 14.7 Å². The Morgan fingerprint density at radius 1 is 1.45 bits per heavy atom. The highest BCUT2D eigenvalue weighted by atomic mass is 16.5. The minimum atomic E-state index is -0.890. The second-order valence-corrected chi connectivity index (χ2v) is 5.46. The average molecular weight is 314 g/mol. The zero-order valence-electron chi connectivity index (χ0n) is 13.5. The standard InChI is InChI=1S/C15H26N2O5/c1-5-6-10-7-11(15(19)20)17-13(10)14(16-9(2)18)12(22-4)8-21-3/h5-6,10-14,17H,7-8H2,1-4H3,(H,16,18)(H,19,20)/b6-5-/t10-,11-,12-,13-,14+/m1/s1. The Morgan fingerprint density at radius 3 is 2.59 bits per heavy atom. The van der Waals surface area contributed by atoms with Crippen LogP contribution in [0.15, 0.2) is 12.2 Å². The van der Waals surface area contributed by atoms with Crippen LogP contribution in [0.25, 0.3) is 0 Å². The van der Waals surface area contributed by atoms with Gasteiger partial charge in [-0.25, -0.2) is 0 Å². The van der Waals surface area contributed by atoms with Gasteiger partial charge in [0.15, 0.2) is 0 Å². The summed E-state index contributed by atoms with van der Waals surface area (Å²) < 4.78 is 10.6. The van der Waals surface area contributed by atoms with Crippen molar-refractivity contribution in [1.29, 1.82) is 0 Å². The van der Waals surface area contributed by atoms with Gasteiger partial charge in [-0.3, -0.25) is 14.9 Å². The van der Waals surface area contributed by atoms with E-state index in [0.29, 0.717) is 13.0 Å². The first kappa shape index (κ1) is 18.6. The SMILES string of the molecule is C/C=C\[C@@H]1C[C@H](C(=O)O)N[C@H]1[C@@H](NC(C)=O)[C@@H](COC)OC. The zero-order chi connectivity index (χ0) is 16.7. The molecule has 1 rings (SSSR count). The van der Waals surface area contributed by atoms with E-state index in [0.717, 1.165) is 0 Å². The van der Waals surface area contributed by atoms with Crippen LogP contribution in [0, 0.1) is 5.92 Å². The van der Waals surface area contributed by atoms with Gasteiger partial charge < -0.3 is 19.9 Å². The monoisotopic (exact) mass is 314 g/mol. The lowest BCUT2D eigenvalue weighted by Gasteiger charge is -2.33. The van der Waals surface area contributed by atoms with Crippen LogP contribution in [0.4, 0.5) is 0 Å². The first-order valence-electron chi connectivity index (χ1n) is 7.35. The molecule has 5 atom stereocenters. The minimum Gasteiger partial charge on any atom is -0.480 e. The number of carboxylic acid groups (broad SMARTS) is 1. The second kappa shape index (κ2) is 8.87. The largest absolute Gasteiger partial charge is 0.480 e. The molecule has 0 aromatic carbocycles. The van der Waals surface area contributed by atoms with Crippen molar-refractivity contribution < 1.29 is 24.2 Å². The molecule has 0 bridgehead atoms. The van der Waals surface area contributed by atoms with E-state index < -0.39 is 12.0 Å². The normalized spacial score (nSPS) is 27.7. The molecule has 1 heterocycles. The van der Waals surface area contributed by atoms with Gasteiger partial charge in [0.05, 0.1) is 12.6 Å². The molecule has 7 heteroatoms. The van der Waals surface area contributed by atoms with E-state index in [2.05, 4.69) is 10.6 Å². The Labute approximate surface area is 131 Å². The molecule has 126 valence electrons. The van der Waals surface area contributed by atoms with Gasteiger partial charge in [0.25, 0.3) is 0 Å². The van der Waals surface area contributed by atoms with Gasteiger partial charge in [-0.1, -0.05) is 12.2 Å². The van der Waals surface area contributed by atoms with E-state index in [1.54, 1.807) is 14.2 Å². The molecule has 1 aliphatic heterocycles. The fraction of sp³-hybridized carbons (Fsp3) is 0.733. The quantitative estimate of drug-likeness (QED) is 0.552. The number of hydrogen-bond donors (Lipinski definition) is 3. The second-order valence-electron chi connectivity index (χ2n) is 5.46. The molecule has 7 nitrogen and oxygen atoms in total. The van der Waals surface area contributed by atoms with E-state index in [-0.39, 0.29) is 30.0 Å². The van der Waals surface area contributed by atoms with Gasteiger partial charge in [0.1, 0.15) is 12.1 Å². The molecule has 22 heavy (non-hydrogen) atoms. The maximum Gasteiger partial charge on any atom is 0.320 e. The predicted octanol–water partition coefficient (Wildman–Crippen LogP) is 0.160. The number of carbonyl (C=O) groups excluding carboxylic acids is 1. The predicted molar refractivity (Wildman–Crippen MR) is 81.5 cm³/mol. The van der Waals surface area contributed by atoms with Crippen molar-refractivity contribution in [2.24, 2.45) is 5.92 Å². The molecule has 0 saturated carbocycles. The first-order chi connectivity index (χ1) is 10.4. The summed E-state index contributed by atoms with van der Waals surface area (Å²) in [5.41, 5.74) is 0. The van der Waals surface area contributed by atoms with Crippen LogP contribution >= 0.6 is 0 Å². The molecule has 0 aliphatic carbocycles. The molecule has 1 amide bonds. The summed E-state index contributed by atoms with van der Waals surface area (Å²) in [4.78, 5) is 22.8. The summed E-state index contributed by atoms with van der Waals surface area (Å²) in [6.07, 6.45) is 3.97. The Kier molecular flexibility index (Phi) is 7.50. The number of carbonyl (C=O) groups is 2. The summed E-state index contributed by atoms with van der Waals surface area (Å²) in [6.45, 7) is 3.63. The van der Waals surface area contributed by atoms with Crippen molar-refractivity contribution in [3.05, 3.63) is 12.2 Å². The molecule has 0 radical (unpaired) electrons. The number of rotatable bonds is 8. The van der Waals surface area contributed by atoms with E-state index in [1.165, 1.54) is 6.92 Å². The van der Waals surface area contributed by atoms with E-state index >= 15 is 0 Å². The summed E-state index contributed by atoms with van der Waals surface area (Å²) in [7, 11) is 3.11. The fourth-order valence-corrected chi connectivity index (χ4v) is 2.96. The number of allylic oxidation sites excluding steroid dienone is 1. The van der Waals surface area contributed by atoms with Crippen molar-refractivity contribution in [3.8, 4) is 0 Å². The van der Waals surface area contributed by atoms with Crippen LogP contribution in [0.5, 0.6) is 0 Å². The Bertz CT molecular complexity index is 413. The van der Waals surface area contributed by atoms with Crippen LogP contribution < -0.4 is 10.6 Å². The van der Waals surface area contributed by atoms with Gasteiger partial charge in [-0.2, -0.15) is 0 Å². The minimum absolute atomic E-state index is 0.00236. The van der Waals surface area contributed by atoms with Crippen LogP contribution in [0.1, 0.15) is 20.3 Å². The van der Waals surface area contributed by atoms with E-state index in [4.69, 9.17) is 9.47 Å². The molecular formula is C15H26N2O5. The lowest BCUT2D eigenvalue weighted by molar-refractivity contribution is -0.139. The van der Waals surface area contributed by atoms with Gasteiger partial charge in [-0.05, 0) is 19.3 Å². The highest BCUT2D eigenvalue weighted by molar-refractivity contribution is 5.75. The Balaban J connectivity index is 3.02. The first-order valence-corrected chi connectivity index (χ1v) is 7.35. The van der Waals surface area contributed by atoms with Crippen molar-refractivity contribution in [2.45, 2.75) is 44.5 Å².